The highest BCUT2D eigenvalue weighted by Gasteiger charge is 2.02. The Labute approximate surface area is 110 Å². The van der Waals surface area contributed by atoms with Crippen molar-refractivity contribution in [1.82, 2.24) is 5.32 Å². The molecule has 2 aromatic carbocycles. The first kappa shape index (κ1) is 13.6. The molecule has 0 bridgehead atoms. The lowest BCUT2D eigenvalue weighted by molar-refractivity contribution is 0.280. The van der Waals surface area contributed by atoms with Gasteiger partial charge < -0.3 is 10.4 Å². The van der Waals surface area contributed by atoms with Crippen LogP contribution < -0.4 is 5.32 Å². The van der Waals surface area contributed by atoms with Gasteiger partial charge in [-0.05, 0) is 28.8 Å². The minimum Gasteiger partial charge on any atom is -0.392 e. The van der Waals surface area contributed by atoms with Gasteiger partial charge in [-0.2, -0.15) is 0 Å². The summed E-state index contributed by atoms with van der Waals surface area (Å²) in [6.45, 7) is 0.885. The summed E-state index contributed by atoms with van der Waals surface area (Å²) in [5.74, 6) is -1.15. The molecule has 19 heavy (non-hydrogen) atoms. The van der Waals surface area contributed by atoms with Gasteiger partial charge in [0.25, 0.3) is 0 Å². The number of nitrogens with one attached hydrogen (secondary N) is 1. The van der Waals surface area contributed by atoms with Gasteiger partial charge in [-0.25, -0.2) is 8.78 Å². The molecule has 0 heterocycles. The Morgan fingerprint density at radius 1 is 0.895 bits per heavy atom. The molecule has 0 aliphatic heterocycles. The van der Waals surface area contributed by atoms with Gasteiger partial charge in [0.15, 0.2) is 0 Å². The normalized spacial score (nSPS) is 10.7. The molecule has 0 aliphatic rings. The highest BCUT2D eigenvalue weighted by atomic mass is 19.1. The number of aliphatic hydroxyl groups excluding tert-OH is 1. The number of rotatable bonds is 5. The molecule has 100 valence electrons. The first-order valence-electron chi connectivity index (χ1n) is 6.02. The maximum Gasteiger partial charge on any atom is 0.126 e. The minimum atomic E-state index is -0.576. The molecule has 2 aromatic rings. The predicted octanol–water partition coefficient (Wildman–Crippen LogP) is 2.75. The van der Waals surface area contributed by atoms with Crippen molar-refractivity contribution in [3.63, 3.8) is 0 Å². The van der Waals surface area contributed by atoms with E-state index in [1.165, 1.54) is 12.1 Å². The molecular formula is C15H15F2NO. The molecule has 2 nitrogen and oxygen atoms in total. The van der Waals surface area contributed by atoms with Gasteiger partial charge in [-0.1, -0.05) is 24.3 Å². The molecule has 0 amide bonds. The number of aliphatic hydroxyl groups is 1. The van der Waals surface area contributed by atoms with E-state index in [1.807, 2.05) is 24.3 Å². The van der Waals surface area contributed by atoms with Crippen LogP contribution in [0.1, 0.15) is 16.7 Å². The van der Waals surface area contributed by atoms with Crippen LogP contribution in [-0.4, -0.2) is 5.11 Å². The second-order valence-corrected chi connectivity index (χ2v) is 4.31. The zero-order valence-corrected chi connectivity index (χ0v) is 10.4. The van der Waals surface area contributed by atoms with Crippen molar-refractivity contribution in [1.29, 1.82) is 0 Å². The van der Waals surface area contributed by atoms with E-state index >= 15 is 0 Å². The average Bonchev–Trinajstić information content (AvgIpc) is 2.38. The SMILES string of the molecule is OCc1ccccc1CNCc1cc(F)cc(F)c1. The minimum absolute atomic E-state index is 0.0214. The molecule has 0 saturated heterocycles. The summed E-state index contributed by atoms with van der Waals surface area (Å²) in [7, 11) is 0. The van der Waals surface area contributed by atoms with E-state index in [0.717, 1.165) is 17.2 Å². The Morgan fingerprint density at radius 3 is 2.16 bits per heavy atom. The third-order valence-electron chi connectivity index (χ3n) is 2.86. The van der Waals surface area contributed by atoms with Crippen LogP contribution in [0.3, 0.4) is 0 Å². The Kier molecular flexibility index (Phi) is 4.60. The van der Waals surface area contributed by atoms with Gasteiger partial charge in [0.2, 0.25) is 0 Å². The van der Waals surface area contributed by atoms with Crippen LogP contribution in [0.5, 0.6) is 0 Å². The maximum atomic E-state index is 13.0. The highest BCUT2D eigenvalue weighted by molar-refractivity contribution is 5.26. The number of hydrogen-bond donors (Lipinski definition) is 2. The van der Waals surface area contributed by atoms with Crippen molar-refractivity contribution in [2.75, 3.05) is 0 Å². The topological polar surface area (TPSA) is 32.3 Å². The average molecular weight is 263 g/mol. The fourth-order valence-corrected chi connectivity index (χ4v) is 1.94. The van der Waals surface area contributed by atoms with Crippen molar-refractivity contribution < 1.29 is 13.9 Å². The molecule has 0 aliphatic carbocycles. The molecule has 4 heteroatoms. The smallest absolute Gasteiger partial charge is 0.126 e. The second kappa shape index (κ2) is 6.41. The van der Waals surface area contributed by atoms with E-state index in [9.17, 15) is 13.9 Å². The van der Waals surface area contributed by atoms with E-state index in [2.05, 4.69) is 5.32 Å². The van der Waals surface area contributed by atoms with Gasteiger partial charge in [0.1, 0.15) is 11.6 Å². The Balaban J connectivity index is 1.96. The third kappa shape index (κ3) is 3.84. The van der Waals surface area contributed by atoms with Crippen LogP contribution in [0.25, 0.3) is 0 Å². The van der Waals surface area contributed by atoms with Gasteiger partial charge in [0.05, 0.1) is 6.61 Å². The maximum absolute atomic E-state index is 13.0. The quantitative estimate of drug-likeness (QED) is 0.869. The summed E-state index contributed by atoms with van der Waals surface area (Å²) in [5, 5.41) is 12.3. The predicted molar refractivity (Wildman–Crippen MR) is 69.3 cm³/mol. The summed E-state index contributed by atoms with van der Waals surface area (Å²) in [6.07, 6.45) is 0. The lowest BCUT2D eigenvalue weighted by Gasteiger charge is -2.09. The molecular weight excluding hydrogens is 248 g/mol. The molecule has 2 rings (SSSR count). The Bertz CT molecular complexity index is 537. The van der Waals surface area contributed by atoms with Crippen molar-refractivity contribution in [2.24, 2.45) is 0 Å². The molecule has 0 radical (unpaired) electrons. The fraction of sp³-hybridized carbons (Fsp3) is 0.200. The monoisotopic (exact) mass is 263 g/mol. The van der Waals surface area contributed by atoms with Crippen LogP contribution in [0.4, 0.5) is 8.78 Å². The Hall–Kier alpha value is -1.78. The van der Waals surface area contributed by atoms with Gasteiger partial charge in [-0.3, -0.25) is 0 Å². The molecule has 2 N–H and O–H groups in total. The Morgan fingerprint density at radius 2 is 1.53 bits per heavy atom. The highest BCUT2D eigenvalue weighted by Crippen LogP contribution is 2.10. The standard InChI is InChI=1S/C15H15F2NO/c16-14-5-11(6-15(17)7-14)8-18-9-12-3-1-2-4-13(12)10-19/h1-7,18-19H,8-10H2. The van der Waals surface area contributed by atoms with Crippen LogP contribution >= 0.6 is 0 Å². The number of benzene rings is 2. The summed E-state index contributed by atoms with van der Waals surface area (Å²) in [6, 6.07) is 10.9. The lowest BCUT2D eigenvalue weighted by atomic mass is 10.1. The van der Waals surface area contributed by atoms with Crippen molar-refractivity contribution in [3.05, 3.63) is 70.8 Å². The van der Waals surface area contributed by atoms with Crippen molar-refractivity contribution in [2.45, 2.75) is 19.7 Å². The first-order chi connectivity index (χ1) is 9.19. The molecule has 0 aromatic heterocycles. The van der Waals surface area contributed by atoms with E-state index in [4.69, 9.17) is 0 Å². The second-order valence-electron chi connectivity index (χ2n) is 4.31. The van der Waals surface area contributed by atoms with Gasteiger partial charge >= 0.3 is 0 Å². The van der Waals surface area contributed by atoms with Crippen molar-refractivity contribution in [3.8, 4) is 0 Å². The zero-order chi connectivity index (χ0) is 13.7. The largest absolute Gasteiger partial charge is 0.392 e. The van der Waals surface area contributed by atoms with E-state index in [-0.39, 0.29) is 6.61 Å². The van der Waals surface area contributed by atoms with E-state index < -0.39 is 11.6 Å². The number of hydrogen-bond acceptors (Lipinski definition) is 2. The molecule has 0 spiro atoms. The zero-order valence-electron chi connectivity index (χ0n) is 10.4. The summed E-state index contributed by atoms with van der Waals surface area (Å²) < 4.78 is 26.0. The van der Waals surface area contributed by atoms with Crippen LogP contribution in [0.15, 0.2) is 42.5 Å². The lowest BCUT2D eigenvalue weighted by Crippen LogP contribution is -2.14. The van der Waals surface area contributed by atoms with Gasteiger partial charge in [-0.15, -0.1) is 0 Å². The van der Waals surface area contributed by atoms with E-state index in [1.54, 1.807) is 0 Å². The molecule has 0 fully saturated rings. The number of halogens is 2. The summed E-state index contributed by atoms with van der Waals surface area (Å²) >= 11 is 0. The summed E-state index contributed by atoms with van der Waals surface area (Å²) in [5.41, 5.74) is 2.38. The first-order valence-corrected chi connectivity index (χ1v) is 6.02. The molecule has 0 atom stereocenters. The van der Waals surface area contributed by atoms with Crippen LogP contribution in [0, 0.1) is 11.6 Å². The van der Waals surface area contributed by atoms with E-state index in [0.29, 0.717) is 18.7 Å². The third-order valence-corrected chi connectivity index (χ3v) is 2.86. The fourth-order valence-electron chi connectivity index (χ4n) is 1.94. The van der Waals surface area contributed by atoms with Crippen LogP contribution in [0.2, 0.25) is 0 Å². The summed E-state index contributed by atoms with van der Waals surface area (Å²) in [4.78, 5) is 0. The van der Waals surface area contributed by atoms with Crippen molar-refractivity contribution >= 4 is 0 Å². The van der Waals surface area contributed by atoms with Gasteiger partial charge in [0, 0.05) is 19.2 Å². The molecule has 0 unspecified atom stereocenters. The molecule has 0 saturated carbocycles. The van der Waals surface area contributed by atoms with Crippen LogP contribution in [-0.2, 0) is 19.7 Å².